The van der Waals surface area contributed by atoms with E-state index < -0.39 is 29.4 Å². The number of hydrogen-bond donors (Lipinski definition) is 3. The van der Waals surface area contributed by atoms with Crippen molar-refractivity contribution in [2.45, 2.75) is 44.1 Å². The van der Waals surface area contributed by atoms with Gasteiger partial charge in [0.25, 0.3) is 0 Å². The van der Waals surface area contributed by atoms with Crippen molar-refractivity contribution in [1.82, 2.24) is 10.3 Å². The molecule has 3 N–H and O–H groups in total. The van der Waals surface area contributed by atoms with Crippen LogP contribution < -0.4 is 10.1 Å². The van der Waals surface area contributed by atoms with E-state index in [0.29, 0.717) is 32.3 Å². The first kappa shape index (κ1) is 24.6. The van der Waals surface area contributed by atoms with Gasteiger partial charge in [0.15, 0.2) is 0 Å². The van der Waals surface area contributed by atoms with Crippen LogP contribution in [0.5, 0.6) is 5.88 Å². The second-order valence-electron chi connectivity index (χ2n) is 7.82. The molecule has 1 aliphatic heterocycles. The molecule has 30 heavy (non-hydrogen) atoms. The summed E-state index contributed by atoms with van der Waals surface area (Å²) in [6.07, 6.45) is -4.05. The summed E-state index contributed by atoms with van der Waals surface area (Å²) in [5.74, 6) is -0.255. The van der Waals surface area contributed by atoms with Gasteiger partial charge in [0.05, 0.1) is 24.4 Å². The minimum Gasteiger partial charge on any atom is -0.477 e. The van der Waals surface area contributed by atoms with E-state index in [1.54, 1.807) is 0 Å². The number of pyridine rings is 1. The smallest absolute Gasteiger partial charge is 0.417 e. The van der Waals surface area contributed by atoms with Crippen LogP contribution in [0, 0.1) is 11.3 Å². The first-order valence-corrected chi connectivity index (χ1v) is 9.56. The number of nitrogens with zero attached hydrogens (tertiary/aromatic N) is 1. The molecule has 1 aromatic rings. The van der Waals surface area contributed by atoms with Gasteiger partial charge in [-0.1, -0.05) is 0 Å². The Kier molecular flexibility index (Phi) is 8.32. The van der Waals surface area contributed by atoms with E-state index in [9.17, 15) is 28.2 Å². The maximum Gasteiger partial charge on any atom is 0.417 e. The first-order chi connectivity index (χ1) is 13.7. The number of amides is 1. The molecule has 3 atom stereocenters. The second kappa shape index (κ2) is 10.1. The fourth-order valence-electron chi connectivity index (χ4n) is 3.80. The van der Waals surface area contributed by atoms with Crippen LogP contribution in [0.15, 0.2) is 18.3 Å². The third-order valence-electron chi connectivity index (χ3n) is 5.55. The van der Waals surface area contributed by atoms with Crippen LogP contribution in [0.1, 0.15) is 31.2 Å². The number of ether oxygens (including phenoxy) is 2. The molecule has 0 radical (unpaired) electrons. The Hall–Kier alpha value is -1.62. The van der Waals surface area contributed by atoms with Gasteiger partial charge in [-0.25, -0.2) is 4.98 Å². The van der Waals surface area contributed by atoms with Gasteiger partial charge in [0.2, 0.25) is 11.8 Å². The van der Waals surface area contributed by atoms with Crippen molar-refractivity contribution < 1.29 is 37.7 Å². The molecule has 0 bridgehead atoms. The maximum absolute atomic E-state index is 12.6. The minimum absolute atomic E-state index is 0. The summed E-state index contributed by atoms with van der Waals surface area (Å²) in [7, 11) is 0. The molecule has 1 saturated heterocycles. The fraction of sp³-hybridized carbons (Fsp3) is 0.684. The van der Waals surface area contributed by atoms with Gasteiger partial charge in [-0.05, 0) is 31.7 Å². The standard InChI is InChI=1S/C19H25F3N2O5.ClH/c20-19(21,22)13-1-2-16(23-9-13)29-11-18(7-14(25)15(26)8-18)10-24-17(27)12-3-5-28-6-4-12;/h1-2,9,12,14-15,25-26H,3-8,10-11H2,(H,24,27);1H/t14-,15+,18?;. The number of halogens is 4. The van der Waals surface area contributed by atoms with Crippen molar-refractivity contribution in [2.24, 2.45) is 11.3 Å². The molecule has 1 unspecified atom stereocenters. The Balaban J connectivity index is 0.00000320. The lowest BCUT2D eigenvalue weighted by atomic mass is 9.86. The molecule has 1 amide bonds. The van der Waals surface area contributed by atoms with Gasteiger partial charge < -0.3 is 25.0 Å². The summed E-state index contributed by atoms with van der Waals surface area (Å²) in [5, 5.41) is 22.9. The van der Waals surface area contributed by atoms with E-state index in [-0.39, 0.29) is 56.1 Å². The molecular formula is C19H26ClF3N2O5. The third kappa shape index (κ3) is 6.19. The maximum atomic E-state index is 12.6. The lowest BCUT2D eigenvalue weighted by Crippen LogP contribution is -2.43. The number of carbonyl (C=O) groups excluding carboxylic acids is 1. The van der Waals surface area contributed by atoms with Crippen molar-refractivity contribution in [3.8, 4) is 5.88 Å². The van der Waals surface area contributed by atoms with E-state index in [1.165, 1.54) is 0 Å². The summed E-state index contributed by atoms with van der Waals surface area (Å²) >= 11 is 0. The number of nitrogens with one attached hydrogen (secondary N) is 1. The number of alkyl halides is 3. The van der Waals surface area contributed by atoms with E-state index in [1.807, 2.05) is 0 Å². The zero-order valence-electron chi connectivity index (χ0n) is 16.2. The predicted molar refractivity (Wildman–Crippen MR) is 102 cm³/mol. The predicted octanol–water partition coefficient (Wildman–Crippen LogP) is 1.95. The fourth-order valence-corrected chi connectivity index (χ4v) is 3.80. The summed E-state index contributed by atoms with van der Waals surface area (Å²) in [5.41, 5.74) is -1.63. The molecular weight excluding hydrogens is 429 g/mol. The summed E-state index contributed by atoms with van der Waals surface area (Å²) in [6, 6.07) is 2.00. The molecule has 11 heteroatoms. The van der Waals surface area contributed by atoms with E-state index in [4.69, 9.17) is 9.47 Å². The zero-order chi connectivity index (χ0) is 21.1. The van der Waals surface area contributed by atoms with Crippen LogP contribution in [0.2, 0.25) is 0 Å². The average Bonchev–Trinajstić information content (AvgIpc) is 2.99. The minimum atomic E-state index is -4.49. The molecule has 3 rings (SSSR count). The molecule has 0 spiro atoms. The molecule has 2 aliphatic rings. The van der Waals surface area contributed by atoms with Crippen LogP contribution in [-0.2, 0) is 15.7 Å². The quantitative estimate of drug-likeness (QED) is 0.607. The number of hydrogen-bond acceptors (Lipinski definition) is 6. The van der Waals surface area contributed by atoms with Gasteiger partial charge in [-0.2, -0.15) is 13.2 Å². The van der Waals surface area contributed by atoms with Gasteiger partial charge in [-0.15, -0.1) is 12.4 Å². The Bertz CT molecular complexity index is 688. The van der Waals surface area contributed by atoms with Crippen LogP contribution in [0.4, 0.5) is 13.2 Å². The van der Waals surface area contributed by atoms with E-state index in [0.717, 1.165) is 12.1 Å². The molecule has 2 fully saturated rings. The van der Waals surface area contributed by atoms with Gasteiger partial charge >= 0.3 is 6.18 Å². The first-order valence-electron chi connectivity index (χ1n) is 9.56. The summed E-state index contributed by atoms with van der Waals surface area (Å²) in [6.45, 7) is 1.23. The van der Waals surface area contributed by atoms with Crippen molar-refractivity contribution in [3.63, 3.8) is 0 Å². The number of rotatable bonds is 6. The van der Waals surface area contributed by atoms with Crippen molar-refractivity contribution in [1.29, 1.82) is 0 Å². The average molecular weight is 455 g/mol. The van der Waals surface area contributed by atoms with Crippen LogP contribution in [0.25, 0.3) is 0 Å². The van der Waals surface area contributed by atoms with E-state index >= 15 is 0 Å². The molecule has 170 valence electrons. The van der Waals surface area contributed by atoms with Crippen LogP contribution >= 0.6 is 12.4 Å². The third-order valence-corrected chi connectivity index (χ3v) is 5.55. The Labute approximate surface area is 178 Å². The Morgan fingerprint density at radius 3 is 2.40 bits per heavy atom. The molecule has 1 saturated carbocycles. The largest absolute Gasteiger partial charge is 0.477 e. The normalized spacial score (nSPS) is 27.4. The van der Waals surface area contributed by atoms with Gasteiger partial charge in [0, 0.05) is 43.4 Å². The second-order valence-corrected chi connectivity index (χ2v) is 7.82. The van der Waals surface area contributed by atoms with Crippen molar-refractivity contribution in [2.75, 3.05) is 26.4 Å². The molecule has 7 nitrogen and oxygen atoms in total. The number of aliphatic hydroxyl groups excluding tert-OH is 2. The highest BCUT2D eigenvalue weighted by Crippen LogP contribution is 2.39. The molecule has 2 heterocycles. The van der Waals surface area contributed by atoms with Gasteiger partial charge in [0.1, 0.15) is 0 Å². The Morgan fingerprint density at radius 2 is 1.87 bits per heavy atom. The zero-order valence-corrected chi connectivity index (χ0v) is 17.0. The molecule has 1 aliphatic carbocycles. The highest BCUT2D eigenvalue weighted by molar-refractivity contribution is 5.85. The summed E-state index contributed by atoms with van der Waals surface area (Å²) < 4.78 is 48.7. The lowest BCUT2D eigenvalue weighted by molar-refractivity contribution is -0.137. The highest BCUT2D eigenvalue weighted by atomic mass is 35.5. The number of carbonyl (C=O) groups is 1. The number of aromatic nitrogens is 1. The monoisotopic (exact) mass is 454 g/mol. The van der Waals surface area contributed by atoms with Crippen molar-refractivity contribution >= 4 is 18.3 Å². The topological polar surface area (TPSA) is 101 Å². The van der Waals surface area contributed by atoms with E-state index in [2.05, 4.69) is 10.3 Å². The van der Waals surface area contributed by atoms with Crippen molar-refractivity contribution in [3.05, 3.63) is 23.9 Å². The summed E-state index contributed by atoms with van der Waals surface area (Å²) in [4.78, 5) is 16.1. The van der Waals surface area contributed by atoms with Gasteiger partial charge in [-0.3, -0.25) is 4.79 Å². The van der Waals surface area contributed by atoms with Crippen LogP contribution in [-0.4, -0.2) is 59.7 Å². The SMILES string of the molecule is Cl.O=C(NCC1(COc2ccc(C(F)(F)F)cn2)C[C@@H](O)[C@@H](O)C1)C1CCOCC1. The lowest BCUT2D eigenvalue weighted by Gasteiger charge is -2.30. The highest BCUT2D eigenvalue weighted by Gasteiger charge is 2.45. The number of aliphatic hydroxyl groups is 2. The molecule has 0 aromatic carbocycles. The molecule has 1 aromatic heterocycles. The van der Waals surface area contributed by atoms with Crippen LogP contribution in [0.3, 0.4) is 0 Å². The Morgan fingerprint density at radius 1 is 1.23 bits per heavy atom.